The second-order valence-corrected chi connectivity index (χ2v) is 5.56. The molecule has 2 unspecified atom stereocenters. The molecule has 4 rings (SSSR count). The molecule has 2 atom stereocenters. The zero-order valence-electron chi connectivity index (χ0n) is 9.54. The van der Waals surface area contributed by atoms with E-state index in [9.17, 15) is 4.79 Å². The molecule has 0 radical (unpaired) electrons. The van der Waals surface area contributed by atoms with Gasteiger partial charge in [-0.25, -0.2) is 0 Å². The molecular formula is C12H20N2O. The molecule has 84 valence electrons. The van der Waals surface area contributed by atoms with E-state index in [1.165, 1.54) is 13.1 Å². The molecule has 0 N–H and O–H groups in total. The van der Waals surface area contributed by atoms with Crippen molar-refractivity contribution in [2.45, 2.75) is 19.8 Å². The molecule has 3 heteroatoms. The van der Waals surface area contributed by atoms with Crippen LogP contribution in [0.15, 0.2) is 0 Å². The average Bonchev–Trinajstić information content (AvgIpc) is 2.43. The lowest BCUT2D eigenvalue weighted by molar-refractivity contribution is -0.145. The highest BCUT2D eigenvalue weighted by molar-refractivity contribution is 5.89. The SMILES string of the molecule is CCCC12CN3CCN(CC(C3)C1=O)C2. The summed E-state index contributed by atoms with van der Waals surface area (Å²) in [6, 6.07) is 0. The van der Waals surface area contributed by atoms with Crippen LogP contribution in [0.25, 0.3) is 0 Å². The fourth-order valence-corrected chi connectivity index (χ4v) is 3.85. The standard InChI is InChI=1S/C12H20N2O/c1-2-3-12-8-13-4-5-14(9-12)7-10(6-13)11(12)15/h10H,2-9H2,1H3. The number of carbonyl (C=O) groups excluding carboxylic acids is 1. The summed E-state index contributed by atoms with van der Waals surface area (Å²) < 4.78 is 0. The van der Waals surface area contributed by atoms with Crippen LogP contribution in [0.4, 0.5) is 0 Å². The van der Waals surface area contributed by atoms with Crippen LogP contribution in [-0.2, 0) is 4.79 Å². The monoisotopic (exact) mass is 208 g/mol. The van der Waals surface area contributed by atoms with Gasteiger partial charge in [0, 0.05) is 45.2 Å². The van der Waals surface area contributed by atoms with Crippen LogP contribution in [0, 0.1) is 11.3 Å². The number of Topliss-reactive ketones (excluding diaryl/α,β-unsaturated/α-hetero) is 1. The number of hydrogen-bond donors (Lipinski definition) is 0. The number of fused-ring (bicyclic) bond motifs is 1. The summed E-state index contributed by atoms with van der Waals surface area (Å²) >= 11 is 0. The maximum atomic E-state index is 12.4. The van der Waals surface area contributed by atoms with Crippen molar-refractivity contribution >= 4 is 5.78 Å². The van der Waals surface area contributed by atoms with E-state index in [-0.39, 0.29) is 5.41 Å². The van der Waals surface area contributed by atoms with Gasteiger partial charge in [-0.05, 0) is 6.42 Å². The molecule has 4 heterocycles. The first-order valence-corrected chi connectivity index (χ1v) is 6.22. The Morgan fingerprint density at radius 3 is 2.40 bits per heavy atom. The summed E-state index contributed by atoms with van der Waals surface area (Å²) in [5.41, 5.74) is 0.00637. The van der Waals surface area contributed by atoms with Gasteiger partial charge in [0.2, 0.25) is 0 Å². The van der Waals surface area contributed by atoms with E-state index in [0.29, 0.717) is 11.7 Å². The van der Waals surface area contributed by atoms with Gasteiger partial charge in [-0.15, -0.1) is 0 Å². The third-order valence-corrected chi connectivity index (χ3v) is 4.36. The van der Waals surface area contributed by atoms with E-state index in [2.05, 4.69) is 16.7 Å². The Morgan fingerprint density at radius 2 is 1.87 bits per heavy atom. The van der Waals surface area contributed by atoms with Crippen molar-refractivity contribution < 1.29 is 4.79 Å². The van der Waals surface area contributed by atoms with Crippen molar-refractivity contribution in [3.63, 3.8) is 0 Å². The third kappa shape index (κ3) is 1.36. The van der Waals surface area contributed by atoms with Crippen molar-refractivity contribution in [2.75, 3.05) is 39.3 Å². The van der Waals surface area contributed by atoms with E-state index in [4.69, 9.17) is 0 Å². The molecule has 4 saturated heterocycles. The molecule has 4 bridgehead atoms. The fraction of sp³-hybridized carbons (Fsp3) is 0.917. The van der Waals surface area contributed by atoms with Crippen molar-refractivity contribution in [2.24, 2.45) is 11.3 Å². The molecule has 0 aromatic heterocycles. The Bertz CT molecular complexity index is 273. The summed E-state index contributed by atoms with van der Waals surface area (Å²) in [6.45, 7) is 8.68. The first-order valence-electron chi connectivity index (χ1n) is 6.22. The van der Waals surface area contributed by atoms with Crippen molar-refractivity contribution in [3.05, 3.63) is 0 Å². The van der Waals surface area contributed by atoms with Crippen LogP contribution in [0.5, 0.6) is 0 Å². The van der Waals surface area contributed by atoms with Gasteiger partial charge in [0.1, 0.15) is 5.78 Å². The normalized spacial score (nSPS) is 48.3. The predicted molar refractivity (Wildman–Crippen MR) is 58.7 cm³/mol. The Hall–Kier alpha value is -0.410. The Kier molecular flexibility index (Phi) is 2.15. The lowest BCUT2D eigenvalue weighted by Gasteiger charge is -2.48. The first-order chi connectivity index (χ1) is 7.23. The molecule has 0 aromatic carbocycles. The lowest BCUT2D eigenvalue weighted by Crippen LogP contribution is -2.61. The zero-order valence-corrected chi connectivity index (χ0v) is 9.54. The van der Waals surface area contributed by atoms with E-state index >= 15 is 0 Å². The maximum absolute atomic E-state index is 12.4. The number of piperidine rings is 2. The molecule has 4 aliphatic rings. The summed E-state index contributed by atoms with van der Waals surface area (Å²) in [5.74, 6) is 0.903. The van der Waals surface area contributed by atoms with E-state index in [1.54, 1.807) is 0 Å². The van der Waals surface area contributed by atoms with Gasteiger partial charge in [-0.2, -0.15) is 0 Å². The van der Waals surface area contributed by atoms with E-state index in [0.717, 1.165) is 39.0 Å². The zero-order chi connectivity index (χ0) is 10.5. The first kappa shape index (κ1) is 9.79. The highest BCUT2D eigenvalue weighted by Gasteiger charge is 2.52. The summed E-state index contributed by atoms with van der Waals surface area (Å²) in [6.07, 6.45) is 2.23. The molecule has 0 amide bonds. The molecule has 0 spiro atoms. The van der Waals surface area contributed by atoms with Gasteiger partial charge in [0.25, 0.3) is 0 Å². The van der Waals surface area contributed by atoms with Crippen LogP contribution in [0.2, 0.25) is 0 Å². The van der Waals surface area contributed by atoms with Gasteiger partial charge in [0.05, 0.1) is 5.41 Å². The molecule has 4 fully saturated rings. The highest BCUT2D eigenvalue weighted by Crippen LogP contribution is 2.40. The molecule has 0 aliphatic carbocycles. The molecule has 3 nitrogen and oxygen atoms in total. The van der Waals surface area contributed by atoms with Gasteiger partial charge >= 0.3 is 0 Å². The second-order valence-electron chi connectivity index (χ2n) is 5.56. The summed E-state index contributed by atoms with van der Waals surface area (Å²) in [5, 5.41) is 0. The quantitative estimate of drug-likeness (QED) is 0.664. The Labute approximate surface area is 91.4 Å². The van der Waals surface area contributed by atoms with Gasteiger partial charge < -0.3 is 9.80 Å². The highest BCUT2D eigenvalue weighted by atomic mass is 16.1. The Morgan fingerprint density at radius 1 is 1.27 bits per heavy atom. The van der Waals surface area contributed by atoms with Crippen molar-refractivity contribution in [1.29, 1.82) is 0 Å². The van der Waals surface area contributed by atoms with E-state index in [1.807, 2.05) is 0 Å². The van der Waals surface area contributed by atoms with E-state index < -0.39 is 0 Å². The van der Waals surface area contributed by atoms with Crippen LogP contribution >= 0.6 is 0 Å². The van der Waals surface area contributed by atoms with Crippen LogP contribution < -0.4 is 0 Å². The van der Waals surface area contributed by atoms with Crippen LogP contribution in [-0.4, -0.2) is 54.9 Å². The van der Waals surface area contributed by atoms with Gasteiger partial charge in [0.15, 0.2) is 0 Å². The van der Waals surface area contributed by atoms with Crippen molar-refractivity contribution in [3.8, 4) is 0 Å². The minimum Gasteiger partial charge on any atom is -0.300 e. The number of nitrogens with zero attached hydrogens (tertiary/aromatic N) is 2. The fourth-order valence-electron chi connectivity index (χ4n) is 3.85. The minimum atomic E-state index is 0.00637. The minimum absolute atomic E-state index is 0.00637. The van der Waals surface area contributed by atoms with Crippen molar-refractivity contribution in [1.82, 2.24) is 9.80 Å². The molecular weight excluding hydrogens is 188 g/mol. The van der Waals surface area contributed by atoms with Crippen LogP contribution in [0.1, 0.15) is 19.8 Å². The number of carbonyl (C=O) groups is 1. The second kappa shape index (κ2) is 3.29. The predicted octanol–water partition coefficient (Wildman–Crippen LogP) is 0.603. The van der Waals surface area contributed by atoms with Gasteiger partial charge in [-0.1, -0.05) is 13.3 Å². The molecule has 4 aliphatic heterocycles. The van der Waals surface area contributed by atoms with Gasteiger partial charge in [-0.3, -0.25) is 4.79 Å². The molecule has 0 aromatic rings. The topological polar surface area (TPSA) is 23.6 Å². The number of rotatable bonds is 2. The largest absolute Gasteiger partial charge is 0.300 e. The number of hydrogen-bond acceptors (Lipinski definition) is 3. The third-order valence-electron chi connectivity index (χ3n) is 4.36. The summed E-state index contributed by atoms with van der Waals surface area (Å²) in [4.78, 5) is 17.4. The summed E-state index contributed by atoms with van der Waals surface area (Å²) in [7, 11) is 0. The smallest absolute Gasteiger partial charge is 0.147 e. The lowest BCUT2D eigenvalue weighted by atomic mass is 9.69. The molecule has 15 heavy (non-hydrogen) atoms. The Balaban J connectivity index is 1.96. The molecule has 0 saturated carbocycles. The number of ketones is 1. The van der Waals surface area contributed by atoms with Crippen LogP contribution in [0.3, 0.4) is 0 Å². The average molecular weight is 208 g/mol. The maximum Gasteiger partial charge on any atom is 0.147 e.